The summed E-state index contributed by atoms with van der Waals surface area (Å²) in [7, 11) is -4.30. The lowest BCUT2D eigenvalue weighted by atomic mass is 10.0. The fourth-order valence-electron chi connectivity index (χ4n) is 5.21. The Morgan fingerprint density at radius 3 is 2.20 bits per heavy atom. The van der Waals surface area contributed by atoms with Gasteiger partial charge in [0, 0.05) is 19.0 Å². The second-order valence-corrected chi connectivity index (χ2v) is 13.1. The molecular weight excluding hydrogens is 622 g/mol. The van der Waals surface area contributed by atoms with Crippen molar-refractivity contribution in [1.82, 2.24) is 10.2 Å². The number of hydrogen-bond donors (Lipinski definition) is 1. The molecule has 3 aromatic carbocycles. The van der Waals surface area contributed by atoms with Crippen LogP contribution in [-0.4, -0.2) is 50.0 Å². The molecule has 2 amide bonds. The normalized spacial score (nSPS) is 14.7. The highest BCUT2D eigenvalue weighted by molar-refractivity contribution is 7.92. The standard InChI is InChI=1S/C31H32ClF4N3O4S/c1-44(42,43)39(25-15-16-27(32)26(18-25)31(34,35)36)20-29(40)38(19-22-11-13-23(33)14-12-22)28(17-21-7-3-2-4-8-21)30(41)37-24-9-5-6-10-24/h2-4,7-8,11-16,18,24,28H,5-6,9-10,17,19-20H2,1H3,(H,37,41). The average molecular weight is 654 g/mol. The Labute approximate surface area is 258 Å². The lowest BCUT2D eigenvalue weighted by Crippen LogP contribution is -2.54. The highest BCUT2D eigenvalue weighted by atomic mass is 35.5. The summed E-state index contributed by atoms with van der Waals surface area (Å²) in [6.07, 6.45) is -0.613. The maximum atomic E-state index is 14.1. The van der Waals surface area contributed by atoms with Crippen molar-refractivity contribution in [3.63, 3.8) is 0 Å². The molecule has 13 heteroatoms. The maximum Gasteiger partial charge on any atom is 0.417 e. The topological polar surface area (TPSA) is 86.8 Å². The van der Waals surface area contributed by atoms with E-state index in [2.05, 4.69) is 5.32 Å². The van der Waals surface area contributed by atoms with Crippen molar-refractivity contribution in [2.75, 3.05) is 17.1 Å². The molecule has 1 atom stereocenters. The van der Waals surface area contributed by atoms with Gasteiger partial charge in [0.25, 0.3) is 0 Å². The van der Waals surface area contributed by atoms with E-state index in [0.29, 0.717) is 15.9 Å². The second-order valence-electron chi connectivity index (χ2n) is 10.8. The van der Waals surface area contributed by atoms with Gasteiger partial charge in [0.15, 0.2) is 0 Å². The zero-order valence-corrected chi connectivity index (χ0v) is 25.4. The molecule has 0 aromatic heterocycles. The van der Waals surface area contributed by atoms with Gasteiger partial charge in [-0.25, -0.2) is 12.8 Å². The molecule has 236 valence electrons. The molecule has 1 aliphatic carbocycles. The van der Waals surface area contributed by atoms with E-state index in [-0.39, 0.29) is 19.0 Å². The molecular formula is C31H32ClF4N3O4S. The predicted octanol–water partition coefficient (Wildman–Crippen LogP) is 5.96. The third-order valence-corrected chi connectivity index (χ3v) is 8.93. The predicted molar refractivity (Wildman–Crippen MR) is 160 cm³/mol. The van der Waals surface area contributed by atoms with Crippen LogP contribution in [0.2, 0.25) is 5.02 Å². The van der Waals surface area contributed by atoms with Crippen LogP contribution in [0.4, 0.5) is 23.2 Å². The molecule has 44 heavy (non-hydrogen) atoms. The first kappa shape index (κ1) is 33.3. The third-order valence-electron chi connectivity index (χ3n) is 7.46. The van der Waals surface area contributed by atoms with Crippen molar-refractivity contribution in [3.05, 3.63) is 100 Å². The molecule has 0 bridgehead atoms. The van der Waals surface area contributed by atoms with Crippen LogP contribution in [0, 0.1) is 5.82 Å². The minimum absolute atomic E-state index is 0.0738. The molecule has 0 heterocycles. The molecule has 1 saturated carbocycles. The molecule has 7 nitrogen and oxygen atoms in total. The monoisotopic (exact) mass is 653 g/mol. The summed E-state index contributed by atoms with van der Waals surface area (Å²) < 4.78 is 80.9. The van der Waals surface area contributed by atoms with Gasteiger partial charge in [-0.3, -0.25) is 13.9 Å². The Bertz CT molecular complexity index is 1560. The van der Waals surface area contributed by atoms with Gasteiger partial charge in [0.2, 0.25) is 21.8 Å². The summed E-state index contributed by atoms with van der Waals surface area (Å²) in [6, 6.07) is 15.5. The molecule has 0 radical (unpaired) electrons. The summed E-state index contributed by atoms with van der Waals surface area (Å²) in [5, 5.41) is 2.38. The van der Waals surface area contributed by atoms with Crippen molar-refractivity contribution in [2.45, 2.75) is 56.9 Å². The molecule has 1 fully saturated rings. The van der Waals surface area contributed by atoms with E-state index >= 15 is 0 Å². The van der Waals surface area contributed by atoms with E-state index < -0.39 is 62.7 Å². The van der Waals surface area contributed by atoms with Crippen LogP contribution in [-0.2, 0) is 38.8 Å². The van der Waals surface area contributed by atoms with E-state index in [9.17, 15) is 35.6 Å². The number of sulfonamides is 1. The summed E-state index contributed by atoms with van der Waals surface area (Å²) in [5.74, 6) is -1.81. The van der Waals surface area contributed by atoms with Crippen LogP contribution >= 0.6 is 11.6 Å². The van der Waals surface area contributed by atoms with Crippen molar-refractivity contribution in [1.29, 1.82) is 0 Å². The Kier molecular flexibility index (Phi) is 10.6. The number of alkyl halides is 3. The fourth-order valence-corrected chi connectivity index (χ4v) is 6.27. The van der Waals surface area contributed by atoms with E-state index in [4.69, 9.17) is 11.6 Å². The molecule has 0 aliphatic heterocycles. The van der Waals surface area contributed by atoms with E-state index in [1.807, 2.05) is 0 Å². The van der Waals surface area contributed by atoms with E-state index in [1.54, 1.807) is 30.3 Å². The smallest absolute Gasteiger partial charge is 0.352 e. The number of benzene rings is 3. The highest BCUT2D eigenvalue weighted by Gasteiger charge is 2.37. The SMILES string of the molecule is CS(=O)(=O)N(CC(=O)N(Cc1ccc(F)cc1)C(Cc1ccccc1)C(=O)NC1CCCC1)c1ccc(Cl)c(C(F)(F)F)c1. The van der Waals surface area contributed by atoms with Gasteiger partial charge in [-0.15, -0.1) is 0 Å². The number of nitrogens with zero attached hydrogens (tertiary/aromatic N) is 2. The second kappa shape index (κ2) is 14.0. The summed E-state index contributed by atoms with van der Waals surface area (Å²) in [4.78, 5) is 29.1. The minimum atomic E-state index is -4.88. The van der Waals surface area contributed by atoms with Crippen molar-refractivity contribution < 1.29 is 35.6 Å². The van der Waals surface area contributed by atoms with Crippen LogP contribution < -0.4 is 9.62 Å². The zero-order valence-electron chi connectivity index (χ0n) is 23.9. The molecule has 1 unspecified atom stereocenters. The van der Waals surface area contributed by atoms with Gasteiger partial charge in [0.05, 0.1) is 22.5 Å². The first-order chi connectivity index (χ1) is 20.7. The van der Waals surface area contributed by atoms with Crippen molar-refractivity contribution >= 4 is 39.1 Å². The number of anilines is 1. The summed E-state index contributed by atoms with van der Waals surface area (Å²) in [6.45, 7) is -1.10. The number of amides is 2. The van der Waals surface area contributed by atoms with Crippen LogP contribution in [0.1, 0.15) is 42.4 Å². The molecule has 0 spiro atoms. The lowest BCUT2D eigenvalue weighted by molar-refractivity contribution is -0.140. The number of carbonyl (C=O) groups is 2. The summed E-state index contributed by atoms with van der Waals surface area (Å²) in [5.41, 5.74) is -0.500. The van der Waals surface area contributed by atoms with Gasteiger partial charge in [-0.05, 0) is 54.3 Å². The zero-order chi connectivity index (χ0) is 32.1. The number of rotatable bonds is 11. The molecule has 1 N–H and O–H groups in total. The number of halogens is 5. The van der Waals surface area contributed by atoms with Crippen LogP contribution in [0.3, 0.4) is 0 Å². The Balaban J connectivity index is 1.75. The van der Waals surface area contributed by atoms with Gasteiger partial charge in [-0.2, -0.15) is 13.2 Å². The molecule has 1 aliphatic rings. The number of carbonyl (C=O) groups excluding carboxylic acids is 2. The maximum absolute atomic E-state index is 14.1. The van der Waals surface area contributed by atoms with Gasteiger partial charge < -0.3 is 10.2 Å². The Hall–Kier alpha value is -3.64. The Morgan fingerprint density at radius 1 is 0.977 bits per heavy atom. The van der Waals surface area contributed by atoms with Crippen molar-refractivity contribution in [2.24, 2.45) is 0 Å². The van der Waals surface area contributed by atoms with Crippen LogP contribution in [0.15, 0.2) is 72.8 Å². The van der Waals surface area contributed by atoms with Crippen LogP contribution in [0.25, 0.3) is 0 Å². The van der Waals surface area contributed by atoms with E-state index in [0.717, 1.165) is 49.6 Å². The Morgan fingerprint density at radius 2 is 1.61 bits per heavy atom. The lowest BCUT2D eigenvalue weighted by Gasteiger charge is -2.34. The largest absolute Gasteiger partial charge is 0.417 e. The first-order valence-electron chi connectivity index (χ1n) is 13.9. The fraction of sp³-hybridized carbons (Fsp3) is 0.355. The quantitative estimate of drug-likeness (QED) is 0.259. The minimum Gasteiger partial charge on any atom is -0.352 e. The molecule has 4 rings (SSSR count). The number of hydrogen-bond acceptors (Lipinski definition) is 4. The average Bonchev–Trinajstić information content (AvgIpc) is 3.47. The molecule has 3 aromatic rings. The van der Waals surface area contributed by atoms with Crippen LogP contribution in [0.5, 0.6) is 0 Å². The summed E-state index contributed by atoms with van der Waals surface area (Å²) >= 11 is 5.75. The molecule has 0 saturated heterocycles. The van der Waals surface area contributed by atoms with Crippen molar-refractivity contribution in [3.8, 4) is 0 Å². The van der Waals surface area contributed by atoms with Gasteiger partial charge >= 0.3 is 6.18 Å². The highest BCUT2D eigenvalue weighted by Crippen LogP contribution is 2.37. The first-order valence-corrected chi connectivity index (χ1v) is 16.2. The van der Waals surface area contributed by atoms with Gasteiger partial charge in [-0.1, -0.05) is 66.9 Å². The third kappa shape index (κ3) is 8.72. The van der Waals surface area contributed by atoms with Gasteiger partial charge in [0.1, 0.15) is 18.4 Å². The number of nitrogens with one attached hydrogen (secondary N) is 1. The van der Waals surface area contributed by atoms with E-state index in [1.165, 1.54) is 29.2 Å².